The molecule has 0 saturated carbocycles. The van der Waals surface area contributed by atoms with Crippen molar-refractivity contribution in [3.63, 3.8) is 0 Å². The topological polar surface area (TPSA) is 128 Å². The Morgan fingerprint density at radius 3 is 2.44 bits per heavy atom. The minimum absolute atomic E-state index is 0.265. The van der Waals surface area contributed by atoms with Crippen LogP contribution >= 0.6 is 0 Å². The van der Waals surface area contributed by atoms with Gasteiger partial charge in [0.05, 0.1) is 18.5 Å². The summed E-state index contributed by atoms with van der Waals surface area (Å²) < 4.78 is 13.2. The van der Waals surface area contributed by atoms with Crippen LogP contribution in [0.3, 0.4) is 0 Å². The molecule has 0 spiro atoms. The maximum absolute atomic E-state index is 12.6. The van der Waals surface area contributed by atoms with E-state index in [1.807, 2.05) is 12.1 Å². The van der Waals surface area contributed by atoms with Gasteiger partial charge in [-0.3, -0.25) is 9.36 Å². The number of carbonyl (C=O) groups is 2. The number of amides is 1. The van der Waals surface area contributed by atoms with E-state index in [-0.39, 0.29) is 18.3 Å². The molecule has 1 fully saturated rings. The van der Waals surface area contributed by atoms with Crippen LogP contribution in [0.25, 0.3) is 11.2 Å². The number of anilines is 1. The lowest BCUT2D eigenvalue weighted by atomic mass is 10.1. The van der Waals surface area contributed by atoms with Gasteiger partial charge in [0.2, 0.25) is 0 Å². The Labute approximate surface area is 194 Å². The fraction of sp³-hybridized carbons (Fsp3) is 0.208. The summed E-state index contributed by atoms with van der Waals surface area (Å²) >= 11 is 0. The van der Waals surface area contributed by atoms with Gasteiger partial charge in [-0.1, -0.05) is 36.4 Å². The van der Waals surface area contributed by atoms with Crippen LogP contribution in [0.1, 0.15) is 33.4 Å². The number of rotatable bonds is 6. The monoisotopic (exact) mass is 459 g/mol. The molecule has 1 saturated heterocycles. The number of nitrogens with zero attached hydrogens (tertiary/aromatic N) is 4. The van der Waals surface area contributed by atoms with Crippen molar-refractivity contribution < 1.29 is 24.2 Å². The average Bonchev–Trinajstić information content (AvgIpc) is 3.49. The number of carbonyl (C=O) groups excluding carboxylic acids is 2. The summed E-state index contributed by atoms with van der Waals surface area (Å²) in [5.41, 5.74) is 1.74. The van der Waals surface area contributed by atoms with Crippen LogP contribution in [-0.4, -0.2) is 55.3 Å². The van der Waals surface area contributed by atoms with Crippen molar-refractivity contribution in [1.82, 2.24) is 19.5 Å². The summed E-state index contributed by atoms with van der Waals surface area (Å²) in [7, 11) is 0. The molecule has 172 valence electrons. The number of imidazole rings is 1. The summed E-state index contributed by atoms with van der Waals surface area (Å²) in [6, 6.07) is 17.4. The molecule has 0 bridgehead atoms. The van der Waals surface area contributed by atoms with E-state index in [4.69, 9.17) is 9.47 Å². The van der Waals surface area contributed by atoms with Gasteiger partial charge in [-0.25, -0.2) is 19.7 Å². The van der Waals surface area contributed by atoms with Crippen molar-refractivity contribution in [2.24, 2.45) is 0 Å². The van der Waals surface area contributed by atoms with Gasteiger partial charge in [0.15, 0.2) is 17.0 Å². The number of ether oxygens (including phenoxy) is 2. The third kappa shape index (κ3) is 4.24. The standard InChI is InChI=1S/C24H21N5O5/c30-12-18-17(34-24(32)16-9-5-2-6-10-16)11-19(33-18)29-14-27-20-21(25-13-26-22(20)29)28-23(31)15-7-3-1-4-8-15/h1-10,13-14,17-19,30H,11-12H2,(H,25,26,28,31)/t17?,18-,19-/m1/s1. The zero-order valence-corrected chi connectivity index (χ0v) is 17.9. The summed E-state index contributed by atoms with van der Waals surface area (Å²) in [6.45, 7) is -0.316. The summed E-state index contributed by atoms with van der Waals surface area (Å²) in [5.74, 6) is -0.543. The second kappa shape index (κ2) is 9.38. The number of nitrogens with one attached hydrogen (secondary N) is 1. The minimum Gasteiger partial charge on any atom is -0.456 e. The van der Waals surface area contributed by atoms with E-state index in [0.29, 0.717) is 28.7 Å². The third-order valence-electron chi connectivity index (χ3n) is 5.57. The highest BCUT2D eigenvalue weighted by Gasteiger charge is 2.39. The number of benzene rings is 2. The highest BCUT2D eigenvalue weighted by atomic mass is 16.6. The van der Waals surface area contributed by atoms with E-state index in [1.165, 1.54) is 12.7 Å². The Balaban J connectivity index is 1.35. The SMILES string of the molecule is O=C(Nc1ncnc2c1ncn2[C@H]1CC(OC(=O)c2ccccc2)[C@@H](CO)O1)c1ccccc1. The molecule has 1 aliphatic rings. The molecular weight excluding hydrogens is 438 g/mol. The molecule has 10 nitrogen and oxygen atoms in total. The van der Waals surface area contributed by atoms with E-state index in [9.17, 15) is 14.7 Å². The average molecular weight is 459 g/mol. The summed E-state index contributed by atoms with van der Waals surface area (Å²) in [4.78, 5) is 37.9. The zero-order chi connectivity index (χ0) is 23.5. The van der Waals surface area contributed by atoms with Gasteiger partial charge >= 0.3 is 5.97 Å². The normalized spacial score (nSPS) is 19.7. The lowest BCUT2D eigenvalue weighted by molar-refractivity contribution is -0.0500. The van der Waals surface area contributed by atoms with Crippen LogP contribution in [0.4, 0.5) is 5.82 Å². The van der Waals surface area contributed by atoms with Gasteiger partial charge in [-0.2, -0.15) is 0 Å². The molecule has 3 heterocycles. The van der Waals surface area contributed by atoms with Crippen LogP contribution in [-0.2, 0) is 9.47 Å². The zero-order valence-electron chi connectivity index (χ0n) is 17.9. The van der Waals surface area contributed by atoms with Crippen molar-refractivity contribution >= 4 is 28.9 Å². The maximum Gasteiger partial charge on any atom is 0.338 e. The first-order chi connectivity index (χ1) is 16.6. The minimum atomic E-state index is -0.700. The Bertz CT molecular complexity index is 1310. The molecule has 1 unspecified atom stereocenters. The Morgan fingerprint density at radius 2 is 1.74 bits per heavy atom. The fourth-order valence-corrected chi connectivity index (χ4v) is 3.86. The Kier molecular flexibility index (Phi) is 5.98. The summed E-state index contributed by atoms with van der Waals surface area (Å²) in [5, 5.41) is 12.5. The van der Waals surface area contributed by atoms with Crippen LogP contribution in [0, 0.1) is 0 Å². The van der Waals surface area contributed by atoms with Gasteiger partial charge in [-0.15, -0.1) is 0 Å². The first-order valence-corrected chi connectivity index (χ1v) is 10.7. The van der Waals surface area contributed by atoms with Gasteiger partial charge in [0.25, 0.3) is 5.91 Å². The molecule has 2 aromatic heterocycles. The predicted octanol–water partition coefficient (Wildman–Crippen LogP) is 2.58. The van der Waals surface area contributed by atoms with Crippen LogP contribution < -0.4 is 5.32 Å². The number of esters is 1. The molecule has 1 aliphatic heterocycles. The number of hydrogen-bond acceptors (Lipinski definition) is 8. The lowest BCUT2D eigenvalue weighted by Crippen LogP contribution is -2.30. The second-order valence-corrected chi connectivity index (χ2v) is 7.72. The van der Waals surface area contributed by atoms with Gasteiger partial charge in [0.1, 0.15) is 24.8 Å². The van der Waals surface area contributed by atoms with Crippen molar-refractivity contribution in [1.29, 1.82) is 0 Å². The maximum atomic E-state index is 12.6. The summed E-state index contributed by atoms with van der Waals surface area (Å²) in [6.07, 6.45) is 1.21. The highest BCUT2D eigenvalue weighted by Crippen LogP contribution is 2.33. The van der Waals surface area contributed by atoms with E-state index in [2.05, 4.69) is 20.3 Å². The van der Waals surface area contributed by atoms with Crippen molar-refractivity contribution in [2.45, 2.75) is 24.9 Å². The molecule has 2 aromatic carbocycles. The molecule has 0 aliphatic carbocycles. The van der Waals surface area contributed by atoms with Crippen LogP contribution in [0.2, 0.25) is 0 Å². The molecule has 0 radical (unpaired) electrons. The molecule has 3 atom stereocenters. The first-order valence-electron chi connectivity index (χ1n) is 10.7. The predicted molar refractivity (Wildman–Crippen MR) is 121 cm³/mol. The number of aliphatic hydroxyl groups excluding tert-OH is 1. The molecule has 34 heavy (non-hydrogen) atoms. The van der Waals surface area contributed by atoms with Crippen molar-refractivity contribution in [2.75, 3.05) is 11.9 Å². The molecule has 5 rings (SSSR count). The van der Waals surface area contributed by atoms with Gasteiger partial charge < -0.3 is 19.9 Å². The number of aromatic nitrogens is 4. The van der Waals surface area contributed by atoms with E-state index in [1.54, 1.807) is 53.1 Å². The first kappa shape index (κ1) is 21.7. The quantitative estimate of drug-likeness (QED) is 0.421. The van der Waals surface area contributed by atoms with Gasteiger partial charge in [0, 0.05) is 12.0 Å². The largest absolute Gasteiger partial charge is 0.456 e. The number of aliphatic hydroxyl groups is 1. The third-order valence-corrected chi connectivity index (χ3v) is 5.57. The number of hydrogen-bond donors (Lipinski definition) is 2. The molecule has 10 heteroatoms. The number of fused-ring (bicyclic) bond motifs is 1. The van der Waals surface area contributed by atoms with Crippen LogP contribution in [0.15, 0.2) is 73.3 Å². The van der Waals surface area contributed by atoms with Crippen molar-refractivity contribution in [3.05, 3.63) is 84.4 Å². The Hall–Kier alpha value is -4.15. The fourth-order valence-electron chi connectivity index (χ4n) is 3.86. The molecule has 2 N–H and O–H groups in total. The molecule has 4 aromatic rings. The van der Waals surface area contributed by atoms with Gasteiger partial charge in [-0.05, 0) is 24.3 Å². The highest BCUT2D eigenvalue weighted by molar-refractivity contribution is 6.06. The Morgan fingerprint density at radius 1 is 1.03 bits per heavy atom. The van der Waals surface area contributed by atoms with Crippen molar-refractivity contribution in [3.8, 4) is 0 Å². The lowest BCUT2D eigenvalue weighted by Gasteiger charge is -2.16. The second-order valence-electron chi connectivity index (χ2n) is 7.72. The van der Waals surface area contributed by atoms with E-state index in [0.717, 1.165) is 0 Å². The van der Waals surface area contributed by atoms with E-state index < -0.39 is 24.4 Å². The molecular formula is C24H21N5O5. The van der Waals surface area contributed by atoms with E-state index >= 15 is 0 Å². The smallest absolute Gasteiger partial charge is 0.338 e. The molecule has 1 amide bonds. The van der Waals surface area contributed by atoms with Crippen LogP contribution in [0.5, 0.6) is 0 Å².